The van der Waals surface area contributed by atoms with Crippen molar-refractivity contribution >= 4 is 11.5 Å². The highest BCUT2D eigenvalue weighted by molar-refractivity contribution is 6.02. The SMILES string of the molecule is CC(N)(C(=O)c1ccccc1)N1CCN(c2ccc(F)cc2)CC1. The van der Waals surface area contributed by atoms with E-state index < -0.39 is 5.66 Å². The summed E-state index contributed by atoms with van der Waals surface area (Å²) in [7, 11) is 0. The van der Waals surface area contributed by atoms with Crippen LogP contribution in [0.15, 0.2) is 54.6 Å². The lowest BCUT2D eigenvalue weighted by Crippen LogP contribution is -2.64. The lowest BCUT2D eigenvalue weighted by Gasteiger charge is -2.43. The van der Waals surface area contributed by atoms with Crippen LogP contribution in [0, 0.1) is 5.82 Å². The first kappa shape index (κ1) is 16.6. The maximum atomic E-state index is 13.0. The van der Waals surface area contributed by atoms with Crippen LogP contribution in [-0.2, 0) is 0 Å². The van der Waals surface area contributed by atoms with Crippen molar-refractivity contribution in [3.8, 4) is 0 Å². The minimum absolute atomic E-state index is 0.0710. The Bertz CT molecular complexity index is 692. The van der Waals surface area contributed by atoms with Gasteiger partial charge in [-0.25, -0.2) is 4.39 Å². The van der Waals surface area contributed by atoms with E-state index in [0.29, 0.717) is 18.7 Å². The third-order valence-electron chi connectivity index (χ3n) is 4.62. The van der Waals surface area contributed by atoms with Crippen LogP contribution in [0.3, 0.4) is 0 Å². The number of carbonyl (C=O) groups is 1. The number of Topliss-reactive ketones (excluding diaryl/α,β-unsaturated/α-hetero) is 1. The molecular formula is C19H22FN3O. The Morgan fingerprint density at radius 2 is 1.58 bits per heavy atom. The van der Waals surface area contributed by atoms with Crippen molar-refractivity contribution in [1.82, 2.24) is 4.90 Å². The van der Waals surface area contributed by atoms with Gasteiger partial charge in [0.1, 0.15) is 11.5 Å². The first-order valence-corrected chi connectivity index (χ1v) is 8.13. The summed E-state index contributed by atoms with van der Waals surface area (Å²) in [6.45, 7) is 4.64. The second-order valence-electron chi connectivity index (χ2n) is 6.29. The number of hydrogen-bond acceptors (Lipinski definition) is 4. The first-order valence-electron chi connectivity index (χ1n) is 8.13. The Labute approximate surface area is 141 Å². The van der Waals surface area contributed by atoms with Crippen LogP contribution < -0.4 is 10.6 Å². The van der Waals surface area contributed by atoms with Gasteiger partial charge in [0.2, 0.25) is 0 Å². The number of rotatable bonds is 4. The number of nitrogens with two attached hydrogens (primary N) is 1. The van der Waals surface area contributed by atoms with Gasteiger partial charge in [-0.3, -0.25) is 9.69 Å². The maximum absolute atomic E-state index is 13.0. The molecule has 3 rings (SSSR count). The van der Waals surface area contributed by atoms with Gasteiger partial charge >= 0.3 is 0 Å². The third kappa shape index (κ3) is 3.32. The Morgan fingerprint density at radius 1 is 1.00 bits per heavy atom. The van der Waals surface area contributed by atoms with Crippen molar-refractivity contribution in [3.05, 3.63) is 66.0 Å². The van der Waals surface area contributed by atoms with Gasteiger partial charge in [0.25, 0.3) is 0 Å². The second-order valence-corrected chi connectivity index (χ2v) is 6.29. The maximum Gasteiger partial charge on any atom is 0.197 e. The normalized spacial score (nSPS) is 18.2. The number of halogens is 1. The molecule has 24 heavy (non-hydrogen) atoms. The Balaban J connectivity index is 1.67. The molecule has 0 radical (unpaired) electrons. The molecule has 1 aliphatic heterocycles. The van der Waals surface area contributed by atoms with Crippen molar-refractivity contribution in [2.24, 2.45) is 5.73 Å². The third-order valence-corrected chi connectivity index (χ3v) is 4.62. The molecule has 2 N–H and O–H groups in total. The van der Waals surface area contributed by atoms with Crippen molar-refractivity contribution in [2.45, 2.75) is 12.6 Å². The molecule has 1 atom stereocenters. The first-order chi connectivity index (χ1) is 11.5. The Kier molecular flexibility index (Phi) is 4.64. The number of hydrogen-bond donors (Lipinski definition) is 1. The van der Waals surface area contributed by atoms with Crippen LogP contribution in [0.2, 0.25) is 0 Å². The van der Waals surface area contributed by atoms with Gasteiger partial charge in [0, 0.05) is 37.4 Å². The predicted molar refractivity (Wildman–Crippen MR) is 93.6 cm³/mol. The summed E-state index contributed by atoms with van der Waals surface area (Å²) in [6.07, 6.45) is 0. The summed E-state index contributed by atoms with van der Waals surface area (Å²) in [5.74, 6) is -0.307. The fourth-order valence-corrected chi connectivity index (χ4v) is 3.11. The van der Waals surface area contributed by atoms with Crippen molar-refractivity contribution in [2.75, 3.05) is 31.1 Å². The zero-order valence-electron chi connectivity index (χ0n) is 13.8. The molecule has 1 unspecified atom stereocenters. The number of benzene rings is 2. The van der Waals surface area contributed by atoms with Crippen molar-refractivity contribution in [3.63, 3.8) is 0 Å². The molecule has 0 bridgehead atoms. The van der Waals surface area contributed by atoms with E-state index in [1.807, 2.05) is 23.1 Å². The summed E-state index contributed by atoms with van der Waals surface area (Å²) in [6, 6.07) is 15.6. The molecule has 4 nitrogen and oxygen atoms in total. The van der Waals surface area contributed by atoms with Crippen molar-refractivity contribution < 1.29 is 9.18 Å². The molecule has 0 spiro atoms. The number of nitrogens with zero attached hydrogens (tertiary/aromatic N) is 2. The molecule has 5 heteroatoms. The molecule has 0 aromatic heterocycles. The average molecular weight is 327 g/mol. The van der Waals surface area contributed by atoms with E-state index in [9.17, 15) is 9.18 Å². The smallest absolute Gasteiger partial charge is 0.197 e. The molecule has 2 aromatic carbocycles. The second kappa shape index (κ2) is 6.71. The fourth-order valence-electron chi connectivity index (χ4n) is 3.11. The van der Waals surface area contributed by atoms with Crippen LogP contribution in [0.5, 0.6) is 0 Å². The van der Waals surface area contributed by atoms with E-state index in [2.05, 4.69) is 4.90 Å². The molecular weight excluding hydrogens is 305 g/mol. The highest BCUT2D eigenvalue weighted by Crippen LogP contribution is 2.21. The summed E-state index contributed by atoms with van der Waals surface area (Å²) >= 11 is 0. The quantitative estimate of drug-likeness (QED) is 0.877. The Morgan fingerprint density at radius 3 is 2.17 bits per heavy atom. The Hall–Kier alpha value is -2.24. The van der Waals surface area contributed by atoms with Gasteiger partial charge in [0.05, 0.1) is 0 Å². The lowest BCUT2D eigenvalue weighted by molar-refractivity contribution is 0.0586. The molecule has 126 valence electrons. The average Bonchev–Trinajstić information content (AvgIpc) is 2.62. The summed E-state index contributed by atoms with van der Waals surface area (Å²) in [5.41, 5.74) is 6.97. The van der Waals surface area contributed by atoms with E-state index >= 15 is 0 Å². The van der Waals surface area contributed by atoms with Gasteiger partial charge < -0.3 is 10.6 Å². The molecule has 0 amide bonds. The zero-order valence-corrected chi connectivity index (χ0v) is 13.8. The van der Waals surface area contributed by atoms with Gasteiger partial charge in [-0.2, -0.15) is 0 Å². The van der Waals surface area contributed by atoms with E-state index in [-0.39, 0.29) is 11.6 Å². The number of carbonyl (C=O) groups excluding carboxylic acids is 1. The molecule has 0 saturated carbocycles. The van der Waals surface area contributed by atoms with Crippen LogP contribution in [0.1, 0.15) is 17.3 Å². The largest absolute Gasteiger partial charge is 0.369 e. The topological polar surface area (TPSA) is 49.6 Å². The fraction of sp³-hybridized carbons (Fsp3) is 0.316. The van der Waals surface area contributed by atoms with Gasteiger partial charge in [-0.1, -0.05) is 30.3 Å². The highest BCUT2D eigenvalue weighted by atomic mass is 19.1. The van der Waals surface area contributed by atoms with E-state index in [1.165, 1.54) is 12.1 Å². The summed E-state index contributed by atoms with van der Waals surface area (Å²) in [4.78, 5) is 16.9. The standard InChI is InChI=1S/C19H22FN3O/c1-19(21,18(24)15-5-3-2-4-6-15)23-13-11-22(12-14-23)17-9-7-16(20)8-10-17/h2-10H,11-14,21H2,1H3. The molecule has 2 aromatic rings. The van der Waals surface area contributed by atoms with Gasteiger partial charge in [-0.15, -0.1) is 0 Å². The van der Waals surface area contributed by atoms with Crippen LogP contribution in [-0.4, -0.2) is 42.5 Å². The van der Waals surface area contributed by atoms with Crippen LogP contribution in [0.25, 0.3) is 0 Å². The summed E-state index contributed by atoms with van der Waals surface area (Å²) in [5, 5.41) is 0. The highest BCUT2D eigenvalue weighted by Gasteiger charge is 2.37. The van der Waals surface area contributed by atoms with Gasteiger partial charge in [0.15, 0.2) is 5.78 Å². The molecule has 1 fully saturated rings. The van der Waals surface area contributed by atoms with Crippen LogP contribution in [0.4, 0.5) is 10.1 Å². The number of piperazine rings is 1. The predicted octanol–water partition coefficient (Wildman–Crippen LogP) is 2.51. The van der Waals surface area contributed by atoms with Gasteiger partial charge in [-0.05, 0) is 31.2 Å². The van der Waals surface area contributed by atoms with E-state index in [4.69, 9.17) is 5.73 Å². The molecule has 1 saturated heterocycles. The van der Waals surface area contributed by atoms with Crippen LogP contribution >= 0.6 is 0 Å². The molecule has 1 aliphatic rings. The summed E-state index contributed by atoms with van der Waals surface area (Å²) < 4.78 is 13.0. The monoisotopic (exact) mass is 327 g/mol. The van der Waals surface area contributed by atoms with E-state index in [0.717, 1.165) is 18.8 Å². The molecule has 0 aliphatic carbocycles. The lowest BCUT2D eigenvalue weighted by atomic mass is 9.97. The minimum atomic E-state index is -1.03. The zero-order chi connectivity index (χ0) is 17.2. The minimum Gasteiger partial charge on any atom is -0.369 e. The number of anilines is 1. The van der Waals surface area contributed by atoms with E-state index in [1.54, 1.807) is 31.2 Å². The number of ketones is 1. The molecule has 1 heterocycles. The van der Waals surface area contributed by atoms with Crippen molar-refractivity contribution in [1.29, 1.82) is 0 Å².